The third-order valence-corrected chi connectivity index (χ3v) is 10.0. The van der Waals surface area contributed by atoms with Crippen LogP contribution in [0.5, 0.6) is 0 Å². The second-order valence-corrected chi connectivity index (χ2v) is 13.1. The van der Waals surface area contributed by atoms with Gasteiger partial charge in [0.1, 0.15) is 6.17 Å². The topological polar surface area (TPSA) is 83.4 Å². The summed E-state index contributed by atoms with van der Waals surface area (Å²) in [7, 11) is 0. The van der Waals surface area contributed by atoms with E-state index in [0.29, 0.717) is 51.7 Å². The summed E-state index contributed by atoms with van der Waals surface area (Å²) < 4.78 is 41.5. The molecule has 3 aliphatic rings. The Morgan fingerprint density at radius 3 is 2.60 bits per heavy atom. The number of carbonyl (C=O) groups excluding carboxylic acids is 2. The van der Waals surface area contributed by atoms with Crippen molar-refractivity contribution in [3.63, 3.8) is 0 Å². The summed E-state index contributed by atoms with van der Waals surface area (Å²) in [4.78, 5) is 39.6. The van der Waals surface area contributed by atoms with Gasteiger partial charge in [0.05, 0.1) is 25.1 Å². The number of nitrogens with zero attached hydrogens (tertiary/aromatic N) is 5. The zero-order valence-electron chi connectivity index (χ0n) is 24.1. The van der Waals surface area contributed by atoms with E-state index in [9.17, 15) is 22.8 Å². The van der Waals surface area contributed by atoms with E-state index in [4.69, 9.17) is 11.6 Å². The van der Waals surface area contributed by atoms with Gasteiger partial charge in [0, 0.05) is 46.4 Å². The Bertz CT molecular complexity index is 1720. The monoisotopic (exact) mass is 654 g/mol. The van der Waals surface area contributed by atoms with Crippen molar-refractivity contribution in [1.82, 2.24) is 24.3 Å². The molecule has 2 amide bonds. The van der Waals surface area contributed by atoms with Crippen molar-refractivity contribution in [1.29, 1.82) is 0 Å². The number of amides is 2. The average Bonchev–Trinajstić information content (AvgIpc) is 3.81. The molecule has 1 unspecified atom stereocenters. The summed E-state index contributed by atoms with van der Waals surface area (Å²) in [6.07, 6.45) is 1.44. The van der Waals surface area contributed by atoms with Crippen LogP contribution in [0.15, 0.2) is 54.3 Å². The van der Waals surface area contributed by atoms with E-state index in [1.807, 2.05) is 23.1 Å². The standard InChI is InChI=1S/C32H30ClF3N6O2S/c33-25-12-21(19-3-1-18(2-4-19)20-5-8-40(9-6-20)16-27(35)36)11-23-24(25)15-42(31(23)44)29(30(43)39-32-37-7-10-45-32)28-26-13-22(34)14-41(26)17-38-28/h1-4,7,10-12,17,20,22,27,29H,5-6,8-9,13-16H2,(H,37,39,43)/t22-,29?/m1/s1. The second kappa shape index (κ2) is 12.2. The van der Waals surface area contributed by atoms with E-state index in [1.54, 1.807) is 22.2 Å². The Labute approximate surface area is 266 Å². The number of carbonyl (C=O) groups is 2. The van der Waals surface area contributed by atoms with E-state index >= 15 is 0 Å². The van der Waals surface area contributed by atoms with Crippen molar-refractivity contribution >= 4 is 39.9 Å². The molecule has 45 heavy (non-hydrogen) atoms. The zero-order valence-corrected chi connectivity index (χ0v) is 25.7. The molecule has 8 nitrogen and oxygen atoms in total. The summed E-state index contributed by atoms with van der Waals surface area (Å²) in [5, 5.41) is 5.32. The lowest BCUT2D eigenvalue weighted by molar-refractivity contribution is -0.121. The number of benzene rings is 2. The maximum atomic E-state index is 14.3. The normalized spacial score (nSPS) is 19.3. The molecular weight excluding hydrogens is 625 g/mol. The molecule has 0 bridgehead atoms. The van der Waals surface area contributed by atoms with Crippen LogP contribution in [-0.4, -0.2) is 68.4 Å². The van der Waals surface area contributed by atoms with Crippen LogP contribution in [0.1, 0.15) is 57.7 Å². The van der Waals surface area contributed by atoms with Gasteiger partial charge in [-0.25, -0.2) is 23.1 Å². The number of fused-ring (bicyclic) bond motifs is 2. The van der Waals surface area contributed by atoms with E-state index in [0.717, 1.165) is 29.5 Å². The summed E-state index contributed by atoms with van der Waals surface area (Å²) in [6, 6.07) is 10.6. The predicted molar refractivity (Wildman–Crippen MR) is 165 cm³/mol. The fourth-order valence-corrected chi connectivity index (χ4v) is 7.55. The van der Waals surface area contributed by atoms with Crippen molar-refractivity contribution in [2.24, 2.45) is 0 Å². The Morgan fingerprint density at radius 1 is 1.11 bits per heavy atom. The Balaban J connectivity index is 1.14. The maximum Gasteiger partial charge on any atom is 0.255 e. The minimum Gasteiger partial charge on any atom is -0.331 e. The molecule has 13 heteroatoms. The van der Waals surface area contributed by atoms with Crippen LogP contribution in [0.3, 0.4) is 0 Å². The van der Waals surface area contributed by atoms with Crippen LogP contribution < -0.4 is 5.32 Å². The van der Waals surface area contributed by atoms with E-state index in [1.165, 1.54) is 22.6 Å². The number of alkyl halides is 3. The highest BCUT2D eigenvalue weighted by Gasteiger charge is 2.42. The zero-order chi connectivity index (χ0) is 31.2. The van der Waals surface area contributed by atoms with Crippen LogP contribution in [0.4, 0.5) is 18.3 Å². The molecule has 2 atom stereocenters. The number of thiazole rings is 1. The molecule has 5 heterocycles. The number of aromatic nitrogens is 3. The number of hydrogen-bond donors (Lipinski definition) is 1. The molecule has 1 fully saturated rings. The minimum absolute atomic E-state index is 0.0950. The Hall–Kier alpha value is -3.74. The quantitative estimate of drug-likeness (QED) is 0.240. The van der Waals surface area contributed by atoms with Gasteiger partial charge >= 0.3 is 0 Å². The number of anilines is 1. The molecular formula is C32H30ClF3N6O2S. The number of imidazole rings is 1. The third kappa shape index (κ3) is 5.86. The molecule has 2 aromatic heterocycles. The van der Waals surface area contributed by atoms with Crippen molar-refractivity contribution in [2.75, 3.05) is 25.0 Å². The molecule has 1 N–H and O–H groups in total. The van der Waals surface area contributed by atoms with Gasteiger partial charge in [0.25, 0.3) is 18.2 Å². The van der Waals surface area contributed by atoms with Gasteiger partial charge in [-0.05, 0) is 60.7 Å². The Kier molecular flexibility index (Phi) is 8.13. The van der Waals surface area contributed by atoms with E-state index in [2.05, 4.69) is 27.4 Å². The third-order valence-electron chi connectivity index (χ3n) is 8.98. The summed E-state index contributed by atoms with van der Waals surface area (Å²) in [5.41, 5.74) is 4.75. The largest absolute Gasteiger partial charge is 0.331 e. The number of likely N-dealkylation sites (tertiary alicyclic amines) is 1. The number of piperidine rings is 1. The maximum absolute atomic E-state index is 14.3. The molecule has 0 aliphatic carbocycles. The predicted octanol–water partition coefficient (Wildman–Crippen LogP) is 6.33. The molecule has 2 aromatic carbocycles. The first-order valence-corrected chi connectivity index (χ1v) is 16.1. The smallest absolute Gasteiger partial charge is 0.255 e. The molecule has 0 spiro atoms. The lowest BCUT2D eigenvalue weighted by Gasteiger charge is -2.31. The van der Waals surface area contributed by atoms with Gasteiger partial charge in [-0.2, -0.15) is 0 Å². The number of rotatable bonds is 8. The van der Waals surface area contributed by atoms with E-state index in [-0.39, 0.29) is 32.0 Å². The van der Waals surface area contributed by atoms with Gasteiger partial charge in [-0.15, -0.1) is 11.3 Å². The molecule has 4 aromatic rings. The van der Waals surface area contributed by atoms with E-state index < -0.39 is 24.5 Å². The summed E-state index contributed by atoms with van der Waals surface area (Å²) in [5.74, 6) is -0.546. The highest BCUT2D eigenvalue weighted by molar-refractivity contribution is 7.13. The summed E-state index contributed by atoms with van der Waals surface area (Å²) in [6.45, 7) is 1.37. The fourth-order valence-electron chi connectivity index (χ4n) is 6.74. The lowest BCUT2D eigenvalue weighted by atomic mass is 9.88. The van der Waals surface area contributed by atoms with Crippen molar-refractivity contribution in [2.45, 2.75) is 56.9 Å². The molecule has 0 saturated carbocycles. The van der Waals surface area contributed by atoms with Gasteiger partial charge < -0.3 is 9.47 Å². The fraction of sp³-hybridized carbons (Fsp3) is 0.375. The highest BCUT2D eigenvalue weighted by Crippen LogP contribution is 2.40. The number of hydrogen-bond acceptors (Lipinski definition) is 6. The van der Waals surface area contributed by atoms with Crippen LogP contribution in [0.25, 0.3) is 11.1 Å². The molecule has 234 valence electrons. The van der Waals surface area contributed by atoms with Crippen molar-refractivity contribution in [3.8, 4) is 11.1 Å². The average molecular weight is 655 g/mol. The molecule has 1 saturated heterocycles. The van der Waals surface area contributed by atoms with Gasteiger partial charge in [0.15, 0.2) is 11.2 Å². The van der Waals surface area contributed by atoms with Gasteiger partial charge in [0.2, 0.25) is 0 Å². The first-order valence-electron chi connectivity index (χ1n) is 14.9. The van der Waals surface area contributed by atoms with Crippen molar-refractivity contribution in [3.05, 3.63) is 87.4 Å². The summed E-state index contributed by atoms with van der Waals surface area (Å²) >= 11 is 8.03. The first kappa shape index (κ1) is 29.9. The Morgan fingerprint density at radius 2 is 1.89 bits per heavy atom. The highest BCUT2D eigenvalue weighted by atomic mass is 35.5. The first-order chi connectivity index (χ1) is 21.7. The molecule has 7 rings (SSSR count). The molecule has 0 radical (unpaired) electrons. The second-order valence-electron chi connectivity index (χ2n) is 11.8. The SMILES string of the molecule is O=C(Nc1nccs1)C(c1ncn2c1C[C@@H](F)C2)N1Cc2c(Cl)cc(-c3ccc(C4CCN(CC(F)F)CC4)cc3)cc2C1=O. The minimum atomic E-state index is -2.32. The number of nitrogens with one attached hydrogen (secondary N) is 1. The van der Waals surface area contributed by atoms with Crippen molar-refractivity contribution < 1.29 is 22.8 Å². The van der Waals surface area contributed by atoms with Crippen LogP contribution in [-0.2, 0) is 24.3 Å². The lowest BCUT2D eigenvalue weighted by Crippen LogP contribution is -2.38. The number of halogens is 4. The van der Waals surface area contributed by atoms with Gasteiger partial charge in [-0.1, -0.05) is 35.9 Å². The van der Waals surface area contributed by atoms with Gasteiger partial charge in [-0.3, -0.25) is 19.8 Å². The van der Waals surface area contributed by atoms with Crippen LogP contribution in [0.2, 0.25) is 5.02 Å². The van der Waals surface area contributed by atoms with Crippen LogP contribution >= 0.6 is 22.9 Å². The van der Waals surface area contributed by atoms with Crippen LogP contribution in [0, 0.1) is 0 Å². The molecule has 3 aliphatic heterocycles.